The zero-order valence-corrected chi connectivity index (χ0v) is 14.6. The van der Waals surface area contributed by atoms with Gasteiger partial charge in [-0.25, -0.2) is 15.0 Å². The van der Waals surface area contributed by atoms with Gasteiger partial charge >= 0.3 is 0 Å². The molecule has 4 rings (SSSR count). The molecule has 0 aliphatic carbocycles. The number of aryl methyl sites for hydroxylation is 1. The number of hydrogen-bond acceptors (Lipinski definition) is 6. The maximum atomic E-state index is 4.76. The van der Waals surface area contributed by atoms with E-state index in [-0.39, 0.29) is 0 Å². The fourth-order valence-electron chi connectivity index (χ4n) is 3.31. The predicted molar refractivity (Wildman–Crippen MR) is 99.9 cm³/mol. The molecule has 25 heavy (non-hydrogen) atoms. The standard InChI is InChI=1S/C19H22N6/c1-14-11-21-19(22-12-14)24(2)15-7-9-25(10-8-15)18-13-20-16-5-3-4-6-17(16)23-18/h3-6,11-13,15H,7-10H2,1-2H3. The van der Waals surface area contributed by atoms with Crippen LogP contribution >= 0.6 is 0 Å². The number of nitrogens with zero attached hydrogens (tertiary/aromatic N) is 6. The highest BCUT2D eigenvalue weighted by Gasteiger charge is 2.24. The van der Waals surface area contributed by atoms with Crippen LogP contribution in [0.3, 0.4) is 0 Å². The van der Waals surface area contributed by atoms with Crippen LogP contribution in [0.5, 0.6) is 0 Å². The zero-order chi connectivity index (χ0) is 17.2. The summed E-state index contributed by atoms with van der Waals surface area (Å²) in [6.07, 6.45) is 7.75. The number of rotatable bonds is 3. The molecule has 0 unspecified atom stereocenters. The molecule has 1 saturated heterocycles. The molecule has 0 amide bonds. The lowest BCUT2D eigenvalue weighted by Crippen LogP contribution is -2.44. The number of aromatic nitrogens is 4. The first-order chi connectivity index (χ1) is 12.2. The molecular weight excluding hydrogens is 312 g/mol. The van der Waals surface area contributed by atoms with Gasteiger partial charge in [0.1, 0.15) is 5.82 Å². The van der Waals surface area contributed by atoms with E-state index < -0.39 is 0 Å². The number of benzene rings is 1. The Labute approximate surface area is 147 Å². The van der Waals surface area contributed by atoms with Crippen molar-refractivity contribution in [2.75, 3.05) is 29.9 Å². The van der Waals surface area contributed by atoms with Crippen molar-refractivity contribution in [3.05, 3.63) is 48.4 Å². The molecule has 0 bridgehead atoms. The average molecular weight is 334 g/mol. The van der Waals surface area contributed by atoms with Gasteiger partial charge < -0.3 is 9.80 Å². The summed E-state index contributed by atoms with van der Waals surface area (Å²) < 4.78 is 0. The molecule has 0 radical (unpaired) electrons. The van der Waals surface area contributed by atoms with E-state index in [1.54, 1.807) is 0 Å². The van der Waals surface area contributed by atoms with Crippen LogP contribution in [0.25, 0.3) is 11.0 Å². The third kappa shape index (κ3) is 3.24. The lowest BCUT2D eigenvalue weighted by molar-refractivity contribution is 0.475. The van der Waals surface area contributed by atoms with E-state index in [1.165, 1.54) is 0 Å². The fourth-order valence-corrected chi connectivity index (χ4v) is 3.31. The van der Waals surface area contributed by atoms with Crippen LogP contribution in [-0.2, 0) is 0 Å². The second-order valence-electron chi connectivity index (χ2n) is 6.61. The minimum atomic E-state index is 0.451. The van der Waals surface area contributed by atoms with Crippen LogP contribution in [0.15, 0.2) is 42.9 Å². The highest BCUT2D eigenvalue weighted by atomic mass is 15.3. The summed E-state index contributed by atoms with van der Waals surface area (Å²) in [6.45, 7) is 3.94. The van der Waals surface area contributed by atoms with Crippen molar-refractivity contribution in [3.8, 4) is 0 Å². The first-order valence-corrected chi connectivity index (χ1v) is 8.69. The van der Waals surface area contributed by atoms with Crippen LogP contribution in [0.2, 0.25) is 0 Å². The van der Waals surface area contributed by atoms with Crippen molar-refractivity contribution in [1.29, 1.82) is 0 Å². The largest absolute Gasteiger partial charge is 0.355 e. The summed E-state index contributed by atoms with van der Waals surface area (Å²) >= 11 is 0. The Morgan fingerprint density at radius 2 is 1.64 bits per heavy atom. The van der Waals surface area contributed by atoms with Crippen LogP contribution in [0.1, 0.15) is 18.4 Å². The quantitative estimate of drug-likeness (QED) is 0.734. The van der Waals surface area contributed by atoms with E-state index in [0.29, 0.717) is 6.04 Å². The highest BCUT2D eigenvalue weighted by Crippen LogP contribution is 2.23. The van der Waals surface area contributed by atoms with Crippen molar-refractivity contribution in [1.82, 2.24) is 19.9 Å². The van der Waals surface area contributed by atoms with E-state index >= 15 is 0 Å². The van der Waals surface area contributed by atoms with Gasteiger partial charge in [0.25, 0.3) is 0 Å². The summed E-state index contributed by atoms with van der Waals surface area (Å²) in [5.74, 6) is 1.76. The molecule has 0 atom stereocenters. The second-order valence-corrected chi connectivity index (χ2v) is 6.61. The Hall–Kier alpha value is -2.76. The Morgan fingerprint density at radius 3 is 2.36 bits per heavy atom. The van der Waals surface area contributed by atoms with E-state index in [1.807, 2.05) is 49.8 Å². The van der Waals surface area contributed by atoms with E-state index in [4.69, 9.17) is 4.98 Å². The minimum absolute atomic E-state index is 0.451. The topological polar surface area (TPSA) is 58.0 Å². The first-order valence-electron chi connectivity index (χ1n) is 8.69. The molecule has 1 aromatic carbocycles. The van der Waals surface area contributed by atoms with Crippen molar-refractivity contribution in [3.63, 3.8) is 0 Å². The van der Waals surface area contributed by atoms with Crippen molar-refractivity contribution >= 4 is 22.8 Å². The summed E-state index contributed by atoms with van der Waals surface area (Å²) in [5.41, 5.74) is 2.98. The number of para-hydroxylation sites is 2. The first kappa shape index (κ1) is 15.7. The highest BCUT2D eigenvalue weighted by molar-refractivity contribution is 5.75. The predicted octanol–water partition coefficient (Wildman–Crippen LogP) is 2.83. The third-order valence-corrected chi connectivity index (χ3v) is 4.85. The molecule has 6 heteroatoms. The van der Waals surface area contributed by atoms with Gasteiger partial charge in [-0.3, -0.25) is 4.98 Å². The summed E-state index contributed by atoms with van der Waals surface area (Å²) in [5, 5.41) is 0. The Balaban J connectivity index is 1.44. The molecule has 2 aromatic heterocycles. The van der Waals surface area contributed by atoms with E-state index in [2.05, 4.69) is 31.8 Å². The average Bonchev–Trinajstić information content (AvgIpc) is 2.68. The molecular formula is C19H22N6. The van der Waals surface area contributed by atoms with E-state index in [9.17, 15) is 0 Å². The third-order valence-electron chi connectivity index (χ3n) is 4.85. The van der Waals surface area contributed by atoms with E-state index in [0.717, 1.165) is 54.3 Å². The summed E-state index contributed by atoms with van der Waals surface area (Å²) in [6, 6.07) is 8.46. The zero-order valence-electron chi connectivity index (χ0n) is 14.6. The molecule has 0 N–H and O–H groups in total. The lowest BCUT2D eigenvalue weighted by Gasteiger charge is -2.37. The smallest absolute Gasteiger partial charge is 0.225 e. The molecule has 1 aliphatic heterocycles. The van der Waals surface area contributed by atoms with Gasteiger partial charge in [-0.15, -0.1) is 0 Å². The number of hydrogen-bond donors (Lipinski definition) is 0. The van der Waals surface area contributed by atoms with Gasteiger partial charge in [0.15, 0.2) is 0 Å². The second kappa shape index (κ2) is 6.63. The SMILES string of the molecule is Cc1cnc(N(C)C2CCN(c3cnc4ccccc4n3)CC2)nc1. The minimum Gasteiger partial charge on any atom is -0.355 e. The normalized spacial score (nSPS) is 15.5. The van der Waals surface area contributed by atoms with Gasteiger partial charge in [-0.05, 0) is 37.5 Å². The molecule has 1 aliphatic rings. The van der Waals surface area contributed by atoms with Crippen molar-refractivity contribution < 1.29 is 0 Å². The van der Waals surface area contributed by atoms with Crippen LogP contribution < -0.4 is 9.80 Å². The molecule has 1 fully saturated rings. The number of anilines is 2. The molecule has 3 aromatic rings. The van der Waals surface area contributed by atoms with Gasteiger partial charge in [-0.1, -0.05) is 12.1 Å². The van der Waals surface area contributed by atoms with Crippen LogP contribution in [0, 0.1) is 6.92 Å². The molecule has 6 nitrogen and oxygen atoms in total. The van der Waals surface area contributed by atoms with Crippen LogP contribution in [-0.4, -0.2) is 46.1 Å². The number of piperidine rings is 1. The maximum Gasteiger partial charge on any atom is 0.225 e. The maximum absolute atomic E-state index is 4.76. The summed E-state index contributed by atoms with van der Waals surface area (Å²) in [4.78, 5) is 22.7. The van der Waals surface area contributed by atoms with Gasteiger partial charge in [0.2, 0.25) is 5.95 Å². The lowest BCUT2D eigenvalue weighted by atomic mass is 10.0. The molecule has 0 spiro atoms. The van der Waals surface area contributed by atoms with Gasteiger partial charge in [-0.2, -0.15) is 0 Å². The van der Waals surface area contributed by atoms with Gasteiger partial charge in [0, 0.05) is 38.6 Å². The summed E-state index contributed by atoms with van der Waals surface area (Å²) in [7, 11) is 2.08. The molecule has 0 saturated carbocycles. The fraction of sp³-hybridized carbons (Fsp3) is 0.368. The van der Waals surface area contributed by atoms with Crippen LogP contribution in [0.4, 0.5) is 11.8 Å². The molecule has 3 heterocycles. The molecule has 128 valence electrons. The number of fused-ring (bicyclic) bond motifs is 1. The Bertz CT molecular complexity index is 855. The van der Waals surface area contributed by atoms with Crippen molar-refractivity contribution in [2.45, 2.75) is 25.8 Å². The van der Waals surface area contributed by atoms with Gasteiger partial charge in [0.05, 0.1) is 17.2 Å². The van der Waals surface area contributed by atoms with Crippen molar-refractivity contribution in [2.24, 2.45) is 0 Å². The monoisotopic (exact) mass is 334 g/mol. The Kier molecular flexibility index (Phi) is 4.17. The Morgan fingerprint density at radius 1 is 0.960 bits per heavy atom.